The number of para-hydroxylation sites is 2. The molecular weight excluding hydrogens is 354 g/mol. The van der Waals surface area contributed by atoms with Crippen LogP contribution in [0.3, 0.4) is 0 Å². The van der Waals surface area contributed by atoms with E-state index in [-0.39, 0.29) is 11.3 Å². The van der Waals surface area contributed by atoms with Gasteiger partial charge in [-0.15, -0.1) is 0 Å². The van der Waals surface area contributed by atoms with Crippen LogP contribution < -0.4 is 10.3 Å². The van der Waals surface area contributed by atoms with Gasteiger partial charge in [0.15, 0.2) is 0 Å². The molecule has 0 aliphatic heterocycles. The second kappa shape index (κ2) is 9.19. The summed E-state index contributed by atoms with van der Waals surface area (Å²) in [6.45, 7) is 2.09. The number of aromatic nitrogens is 2. The zero-order chi connectivity index (χ0) is 19.9. The summed E-state index contributed by atoms with van der Waals surface area (Å²) in [5, 5.41) is 14.4. The zero-order valence-corrected chi connectivity index (χ0v) is 16.2. The molecule has 3 aromatic rings. The van der Waals surface area contributed by atoms with Crippen molar-refractivity contribution >= 4 is 0 Å². The van der Waals surface area contributed by atoms with E-state index in [1.807, 2.05) is 31.3 Å². The number of hydrogen-bond donors (Lipinski definition) is 1. The summed E-state index contributed by atoms with van der Waals surface area (Å²) in [7, 11) is 3.72. The highest BCUT2D eigenvalue weighted by atomic mass is 16.5. The molecule has 0 amide bonds. The van der Waals surface area contributed by atoms with E-state index >= 15 is 0 Å². The van der Waals surface area contributed by atoms with Gasteiger partial charge in [0.05, 0.1) is 12.8 Å². The maximum Gasteiger partial charge on any atom is 0.266 e. The highest BCUT2D eigenvalue weighted by Crippen LogP contribution is 2.26. The first-order chi connectivity index (χ1) is 13.6. The average molecular weight is 379 g/mol. The fourth-order valence-corrected chi connectivity index (χ4v) is 3.14. The largest absolute Gasteiger partial charge is 0.507 e. The van der Waals surface area contributed by atoms with E-state index in [1.165, 1.54) is 10.7 Å². The lowest BCUT2D eigenvalue weighted by Gasteiger charge is -2.18. The molecule has 0 saturated heterocycles. The summed E-state index contributed by atoms with van der Waals surface area (Å²) in [5.74, 6) is 1.03. The Balaban J connectivity index is 1.62. The number of ether oxygens (including phenoxy) is 1. The van der Waals surface area contributed by atoms with Crippen LogP contribution in [-0.2, 0) is 13.1 Å². The number of phenols is 1. The number of aromatic hydroxyl groups is 1. The maximum atomic E-state index is 12.1. The number of phenolic OH excluding ortho intramolecular Hbond substituents is 1. The molecule has 0 aliphatic carbocycles. The summed E-state index contributed by atoms with van der Waals surface area (Å²) < 4.78 is 6.86. The Hall–Kier alpha value is -3.12. The third-order valence-electron chi connectivity index (χ3n) is 4.59. The van der Waals surface area contributed by atoms with Gasteiger partial charge in [-0.3, -0.25) is 4.79 Å². The standard InChI is InChI=1S/C22H25N3O3/c1-24(16-17-8-3-6-11-21(17)28-2)14-7-15-25-22(27)13-12-19(23-25)18-9-4-5-10-20(18)26/h3-6,8-13,26H,7,14-16H2,1-2H3. The van der Waals surface area contributed by atoms with Crippen LogP contribution in [0.25, 0.3) is 11.3 Å². The van der Waals surface area contributed by atoms with Crippen LogP contribution in [0.5, 0.6) is 11.5 Å². The number of rotatable bonds is 8. The molecule has 0 spiro atoms. The number of methoxy groups -OCH3 is 1. The Kier molecular flexibility index (Phi) is 6.45. The topological polar surface area (TPSA) is 67.6 Å². The lowest BCUT2D eigenvalue weighted by molar-refractivity contribution is 0.303. The van der Waals surface area contributed by atoms with Crippen LogP contribution in [0.15, 0.2) is 65.5 Å². The molecule has 0 atom stereocenters. The molecule has 1 heterocycles. The lowest BCUT2D eigenvalue weighted by Crippen LogP contribution is -2.26. The molecular formula is C22H25N3O3. The summed E-state index contributed by atoms with van der Waals surface area (Å²) >= 11 is 0. The van der Waals surface area contributed by atoms with E-state index in [1.54, 1.807) is 31.4 Å². The number of aryl methyl sites for hydroxylation is 1. The van der Waals surface area contributed by atoms with Gasteiger partial charge in [0.25, 0.3) is 5.56 Å². The van der Waals surface area contributed by atoms with Crippen molar-refractivity contribution in [2.24, 2.45) is 0 Å². The molecule has 2 aromatic carbocycles. The first-order valence-corrected chi connectivity index (χ1v) is 9.25. The molecule has 6 heteroatoms. The molecule has 0 radical (unpaired) electrons. The third kappa shape index (κ3) is 4.78. The van der Waals surface area contributed by atoms with Crippen molar-refractivity contribution in [1.29, 1.82) is 0 Å². The van der Waals surface area contributed by atoms with Crippen LogP contribution in [0, 0.1) is 0 Å². The predicted molar refractivity (Wildman–Crippen MR) is 110 cm³/mol. The molecule has 3 rings (SSSR count). The smallest absolute Gasteiger partial charge is 0.266 e. The maximum absolute atomic E-state index is 12.1. The Morgan fingerprint density at radius 3 is 2.61 bits per heavy atom. The quantitative estimate of drug-likeness (QED) is 0.651. The molecule has 0 aliphatic rings. The van der Waals surface area contributed by atoms with Crippen LogP contribution in [-0.4, -0.2) is 40.5 Å². The van der Waals surface area contributed by atoms with Gasteiger partial charge >= 0.3 is 0 Å². The van der Waals surface area contributed by atoms with Gasteiger partial charge in [-0.25, -0.2) is 4.68 Å². The minimum absolute atomic E-state index is 0.147. The Morgan fingerprint density at radius 2 is 1.82 bits per heavy atom. The Bertz CT molecular complexity index is 985. The summed E-state index contributed by atoms with van der Waals surface area (Å²) in [6, 6.07) is 18.1. The molecule has 1 aromatic heterocycles. The van der Waals surface area contributed by atoms with Crippen molar-refractivity contribution in [3.8, 4) is 22.8 Å². The highest BCUT2D eigenvalue weighted by molar-refractivity contribution is 5.65. The Morgan fingerprint density at radius 1 is 1.07 bits per heavy atom. The first-order valence-electron chi connectivity index (χ1n) is 9.25. The van der Waals surface area contributed by atoms with Crippen LogP contribution in [0.1, 0.15) is 12.0 Å². The molecule has 1 N–H and O–H groups in total. The lowest BCUT2D eigenvalue weighted by atomic mass is 10.1. The number of benzene rings is 2. The molecule has 146 valence electrons. The second-order valence-corrected chi connectivity index (χ2v) is 6.70. The van der Waals surface area contributed by atoms with Gasteiger partial charge in [0.2, 0.25) is 0 Å². The number of hydrogen-bond acceptors (Lipinski definition) is 5. The first kappa shape index (κ1) is 19.6. The van der Waals surface area contributed by atoms with Crippen molar-refractivity contribution in [1.82, 2.24) is 14.7 Å². The number of nitrogens with zero attached hydrogens (tertiary/aromatic N) is 3. The minimum atomic E-state index is -0.147. The summed E-state index contributed by atoms with van der Waals surface area (Å²) in [6.07, 6.45) is 0.781. The molecule has 28 heavy (non-hydrogen) atoms. The van der Waals surface area contributed by atoms with Crippen molar-refractivity contribution in [2.75, 3.05) is 20.7 Å². The SMILES string of the molecule is COc1ccccc1CN(C)CCCn1nc(-c2ccccc2O)ccc1=O. The van der Waals surface area contributed by atoms with Gasteiger partial charge in [-0.1, -0.05) is 30.3 Å². The van der Waals surface area contributed by atoms with Crippen LogP contribution in [0.2, 0.25) is 0 Å². The van der Waals surface area contributed by atoms with E-state index in [0.717, 1.165) is 30.8 Å². The van der Waals surface area contributed by atoms with Crippen molar-refractivity contribution in [3.05, 3.63) is 76.6 Å². The fraction of sp³-hybridized carbons (Fsp3) is 0.273. The van der Waals surface area contributed by atoms with Crippen molar-refractivity contribution in [2.45, 2.75) is 19.5 Å². The second-order valence-electron chi connectivity index (χ2n) is 6.70. The van der Waals surface area contributed by atoms with E-state index in [2.05, 4.69) is 16.1 Å². The molecule has 6 nitrogen and oxygen atoms in total. The van der Waals surface area contributed by atoms with Gasteiger partial charge in [0.1, 0.15) is 11.5 Å². The predicted octanol–water partition coefficient (Wildman–Crippen LogP) is 3.15. The van der Waals surface area contributed by atoms with Crippen LogP contribution >= 0.6 is 0 Å². The van der Waals surface area contributed by atoms with Gasteiger partial charge in [0, 0.05) is 30.3 Å². The monoisotopic (exact) mass is 379 g/mol. The summed E-state index contributed by atoms with van der Waals surface area (Å²) in [4.78, 5) is 14.3. The fourth-order valence-electron chi connectivity index (χ4n) is 3.14. The average Bonchev–Trinajstić information content (AvgIpc) is 2.70. The van der Waals surface area contributed by atoms with Crippen LogP contribution in [0.4, 0.5) is 0 Å². The van der Waals surface area contributed by atoms with E-state index in [9.17, 15) is 9.90 Å². The highest BCUT2D eigenvalue weighted by Gasteiger charge is 2.09. The Labute approximate surface area is 164 Å². The zero-order valence-electron chi connectivity index (χ0n) is 16.2. The molecule has 0 bridgehead atoms. The molecule has 0 unspecified atom stereocenters. The molecule has 0 fully saturated rings. The normalized spacial score (nSPS) is 11.0. The van der Waals surface area contributed by atoms with E-state index in [4.69, 9.17) is 4.74 Å². The third-order valence-corrected chi connectivity index (χ3v) is 4.59. The van der Waals surface area contributed by atoms with E-state index < -0.39 is 0 Å². The van der Waals surface area contributed by atoms with Gasteiger partial charge in [-0.2, -0.15) is 5.10 Å². The van der Waals surface area contributed by atoms with Crippen molar-refractivity contribution < 1.29 is 9.84 Å². The minimum Gasteiger partial charge on any atom is -0.507 e. The van der Waals surface area contributed by atoms with Gasteiger partial charge in [-0.05, 0) is 44.3 Å². The van der Waals surface area contributed by atoms with Crippen molar-refractivity contribution in [3.63, 3.8) is 0 Å². The van der Waals surface area contributed by atoms with Gasteiger partial charge < -0.3 is 14.7 Å². The summed E-state index contributed by atoms with van der Waals surface area (Å²) in [5.41, 5.74) is 2.18. The molecule has 0 saturated carbocycles. The van der Waals surface area contributed by atoms with E-state index in [0.29, 0.717) is 17.8 Å².